The number of rotatable bonds is 4. The maximum absolute atomic E-state index is 12.3. The van der Waals surface area contributed by atoms with E-state index < -0.39 is 0 Å². The molecule has 3 rings (SSSR count). The van der Waals surface area contributed by atoms with E-state index in [1.54, 1.807) is 25.1 Å². The highest BCUT2D eigenvalue weighted by Crippen LogP contribution is 2.22. The molecule has 7 heteroatoms. The van der Waals surface area contributed by atoms with Crippen molar-refractivity contribution in [2.45, 2.75) is 20.4 Å². The first-order valence-corrected chi connectivity index (χ1v) is 8.49. The number of aromatic nitrogens is 2. The van der Waals surface area contributed by atoms with Gasteiger partial charge in [0, 0.05) is 10.0 Å². The number of halogens is 1. The Morgan fingerprint density at radius 1 is 1.32 bits per heavy atom. The molecule has 0 aliphatic carbocycles. The molecule has 0 saturated heterocycles. The van der Waals surface area contributed by atoms with Gasteiger partial charge in [-0.2, -0.15) is 5.10 Å². The zero-order valence-corrected chi connectivity index (χ0v) is 15.4. The normalized spacial score (nSPS) is 11.7. The van der Waals surface area contributed by atoms with Crippen LogP contribution in [0.3, 0.4) is 0 Å². The van der Waals surface area contributed by atoms with Gasteiger partial charge in [-0.1, -0.05) is 28.1 Å². The van der Waals surface area contributed by atoms with Crippen molar-refractivity contribution >= 4 is 38.6 Å². The number of hydrazone groups is 1. The molecule has 0 unspecified atom stereocenters. The number of para-hydroxylation sites is 2. The highest BCUT2D eigenvalue weighted by atomic mass is 79.9. The number of imidazole rings is 1. The van der Waals surface area contributed by atoms with Crippen molar-refractivity contribution in [3.63, 3.8) is 0 Å². The van der Waals surface area contributed by atoms with E-state index in [4.69, 9.17) is 0 Å². The molecule has 0 fully saturated rings. The van der Waals surface area contributed by atoms with Gasteiger partial charge in [-0.15, -0.1) is 0 Å². The summed E-state index contributed by atoms with van der Waals surface area (Å²) in [5.41, 5.74) is 5.36. The van der Waals surface area contributed by atoms with Crippen molar-refractivity contribution in [2.24, 2.45) is 5.10 Å². The number of carbonyl (C=O) groups excluding carboxylic acids is 1. The van der Waals surface area contributed by atoms with Crippen molar-refractivity contribution in [3.8, 4) is 5.75 Å². The maximum atomic E-state index is 12.3. The van der Waals surface area contributed by atoms with Gasteiger partial charge in [0.05, 0.1) is 16.7 Å². The van der Waals surface area contributed by atoms with Crippen LogP contribution in [0.1, 0.15) is 18.3 Å². The molecule has 0 bridgehead atoms. The SMILES string of the molecule is C/C(=N\NC(=O)Cn1c(C)nc2ccccc21)c1cc(Br)ccc1O. The lowest BCUT2D eigenvalue weighted by molar-refractivity contribution is -0.121. The standard InChI is InChI=1S/C18H17BrN4O2/c1-11(14-9-13(19)7-8-17(14)24)21-22-18(25)10-23-12(2)20-15-5-3-4-6-16(15)23/h3-9,24H,10H2,1-2H3,(H,22,25)/b21-11+. The van der Waals surface area contributed by atoms with Gasteiger partial charge in [0.1, 0.15) is 18.1 Å². The second-order valence-electron chi connectivity index (χ2n) is 5.63. The first-order valence-electron chi connectivity index (χ1n) is 7.69. The number of benzene rings is 2. The highest BCUT2D eigenvalue weighted by Gasteiger charge is 2.11. The predicted molar refractivity (Wildman–Crippen MR) is 101 cm³/mol. The fourth-order valence-electron chi connectivity index (χ4n) is 2.58. The fourth-order valence-corrected chi connectivity index (χ4v) is 2.94. The first-order chi connectivity index (χ1) is 12.0. The number of fused-ring (bicyclic) bond motifs is 1. The Labute approximate surface area is 153 Å². The summed E-state index contributed by atoms with van der Waals surface area (Å²) in [5, 5.41) is 14.0. The molecule has 0 atom stereocenters. The van der Waals surface area contributed by atoms with Crippen LogP contribution in [-0.2, 0) is 11.3 Å². The van der Waals surface area contributed by atoms with Gasteiger partial charge in [0.15, 0.2) is 0 Å². The van der Waals surface area contributed by atoms with Crippen LogP contribution in [0.15, 0.2) is 52.0 Å². The largest absolute Gasteiger partial charge is 0.507 e. The third-order valence-electron chi connectivity index (χ3n) is 3.84. The molecule has 1 aromatic heterocycles. The topological polar surface area (TPSA) is 79.5 Å². The van der Waals surface area contributed by atoms with Crippen molar-refractivity contribution in [1.29, 1.82) is 0 Å². The number of hydrogen-bond donors (Lipinski definition) is 2. The number of nitrogens with zero attached hydrogens (tertiary/aromatic N) is 3. The minimum absolute atomic E-state index is 0.107. The third-order valence-corrected chi connectivity index (χ3v) is 4.34. The Bertz CT molecular complexity index is 978. The monoisotopic (exact) mass is 400 g/mol. The zero-order chi connectivity index (χ0) is 18.0. The summed E-state index contributed by atoms with van der Waals surface area (Å²) in [4.78, 5) is 16.7. The molecule has 25 heavy (non-hydrogen) atoms. The van der Waals surface area contributed by atoms with Crippen LogP contribution >= 0.6 is 15.9 Å². The van der Waals surface area contributed by atoms with Crippen molar-refractivity contribution < 1.29 is 9.90 Å². The summed E-state index contributed by atoms with van der Waals surface area (Å²) in [6.45, 7) is 3.70. The second kappa shape index (κ2) is 7.06. The lowest BCUT2D eigenvalue weighted by Crippen LogP contribution is -2.24. The van der Waals surface area contributed by atoms with E-state index in [1.807, 2.05) is 35.8 Å². The Balaban J connectivity index is 1.76. The van der Waals surface area contributed by atoms with E-state index in [0.29, 0.717) is 11.3 Å². The summed E-state index contributed by atoms with van der Waals surface area (Å²) in [6.07, 6.45) is 0. The molecule has 2 N–H and O–H groups in total. The molecule has 2 aromatic carbocycles. The molecule has 0 radical (unpaired) electrons. The van der Waals surface area contributed by atoms with Gasteiger partial charge in [-0.3, -0.25) is 4.79 Å². The molecule has 3 aromatic rings. The van der Waals surface area contributed by atoms with Crippen LogP contribution in [0.25, 0.3) is 11.0 Å². The van der Waals surface area contributed by atoms with Gasteiger partial charge in [-0.05, 0) is 44.2 Å². The van der Waals surface area contributed by atoms with E-state index in [2.05, 4.69) is 31.4 Å². The fraction of sp³-hybridized carbons (Fsp3) is 0.167. The third kappa shape index (κ3) is 3.71. The smallest absolute Gasteiger partial charge is 0.260 e. The van der Waals surface area contributed by atoms with Gasteiger partial charge in [0.25, 0.3) is 5.91 Å². The van der Waals surface area contributed by atoms with Crippen molar-refractivity contribution in [3.05, 3.63) is 58.3 Å². The van der Waals surface area contributed by atoms with Gasteiger partial charge in [0.2, 0.25) is 0 Å². The van der Waals surface area contributed by atoms with Crippen molar-refractivity contribution in [1.82, 2.24) is 15.0 Å². The molecule has 0 spiro atoms. The molecule has 1 amide bonds. The summed E-state index contributed by atoms with van der Waals surface area (Å²) >= 11 is 3.35. The Hall–Kier alpha value is -2.67. The van der Waals surface area contributed by atoms with Crippen LogP contribution < -0.4 is 5.43 Å². The lowest BCUT2D eigenvalue weighted by Gasteiger charge is -2.07. The zero-order valence-electron chi connectivity index (χ0n) is 13.8. The molecule has 6 nitrogen and oxygen atoms in total. The molecule has 0 saturated carbocycles. The number of carbonyl (C=O) groups is 1. The summed E-state index contributed by atoms with van der Waals surface area (Å²) in [5.74, 6) is 0.608. The lowest BCUT2D eigenvalue weighted by atomic mass is 10.1. The molecule has 1 heterocycles. The molecule has 0 aliphatic heterocycles. The van der Waals surface area contributed by atoms with E-state index in [9.17, 15) is 9.90 Å². The Morgan fingerprint density at radius 2 is 2.08 bits per heavy atom. The number of amides is 1. The number of phenolic OH excluding ortho intramolecular Hbond substituents is 1. The van der Waals surface area contributed by atoms with E-state index >= 15 is 0 Å². The molecule has 0 aliphatic rings. The highest BCUT2D eigenvalue weighted by molar-refractivity contribution is 9.10. The average Bonchev–Trinajstić information content (AvgIpc) is 2.90. The Kier molecular flexibility index (Phi) is 4.85. The first kappa shape index (κ1) is 17.2. The minimum Gasteiger partial charge on any atom is -0.507 e. The molecular formula is C18H17BrN4O2. The number of aryl methyl sites for hydroxylation is 1. The second-order valence-corrected chi connectivity index (χ2v) is 6.54. The summed E-state index contributed by atoms with van der Waals surface area (Å²) in [7, 11) is 0. The number of hydrogen-bond acceptors (Lipinski definition) is 4. The summed E-state index contributed by atoms with van der Waals surface area (Å²) in [6, 6.07) is 12.7. The molecule has 128 valence electrons. The Morgan fingerprint density at radius 3 is 2.88 bits per heavy atom. The predicted octanol–water partition coefficient (Wildman–Crippen LogP) is 3.35. The van der Waals surface area contributed by atoms with Crippen LogP contribution in [0, 0.1) is 6.92 Å². The molecular weight excluding hydrogens is 384 g/mol. The average molecular weight is 401 g/mol. The summed E-state index contributed by atoms with van der Waals surface area (Å²) < 4.78 is 2.66. The van der Waals surface area contributed by atoms with Gasteiger partial charge < -0.3 is 9.67 Å². The van der Waals surface area contributed by atoms with Crippen LogP contribution in [0.4, 0.5) is 0 Å². The quantitative estimate of drug-likeness (QED) is 0.520. The van der Waals surface area contributed by atoms with Crippen molar-refractivity contribution in [2.75, 3.05) is 0 Å². The number of nitrogens with one attached hydrogen (secondary N) is 1. The van der Waals surface area contributed by atoms with E-state index in [1.165, 1.54) is 0 Å². The van der Waals surface area contributed by atoms with E-state index in [-0.39, 0.29) is 18.2 Å². The van der Waals surface area contributed by atoms with Crippen LogP contribution in [-0.4, -0.2) is 26.3 Å². The maximum Gasteiger partial charge on any atom is 0.260 e. The van der Waals surface area contributed by atoms with Crippen LogP contribution in [0.2, 0.25) is 0 Å². The van der Waals surface area contributed by atoms with Crippen LogP contribution in [0.5, 0.6) is 5.75 Å². The van der Waals surface area contributed by atoms with Gasteiger partial charge >= 0.3 is 0 Å². The van der Waals surface area contributed by atoms with Gasteiger partial charge in [-0.25, -0.2) is 10.4 Å². The van der Waals surface area contributed by atoms with E-state index in [0.717, 1.165) is 21.3 Å². The number of aromatic hydroxyl groups is 1. The number of phenols is 1. The minimum atomic E-state index is -0.264.